The fourth-order valence-electron chi connectivity index (χ4n) is 1.92. The molecule has 5 heteroatoms. The zero-order valence-electron chi connectivity index (χ0n) is 12.3. The van der Waals surface area contributed by atoms with Crippen molar-refractivity contribution in [1.29, 1.82) is 0 Å². The molecule has 1 aromatic rings. The first-order chi connectivity index (χ1) is 9.52. The highest BCUT2D eigenvalue weighted by Gasteiger charge is 2.25. The minimum absolute atomic E-state index is 0.0695. The normalized spacial score (nSPS) is 17.4. The lowest BCUT2D eigenvalue weighted by Gasteiger charge is -2.05. The highest BCUT2D eigenvalue weighted by molar-refractivity contribution is 6.24. The van der Waals surface area contributed by atoms with Gasteiger partial charge in [-0.1, -0.05) is 13.0 Å². The molecule has 0 unspecified atom stereocenters. The number of likely N-dealkylation sites (N-methyl/N-ethyl adjacent to an activating group) is 1. The fraction of sp³-hybridized carbons (Fsp3) is 0.333. The van der Waals surface area contributed by atoms with Gasteiger partial charge in [-0.05, 0) is 24.6 Å². The topological polar surface area (TPSA) is 49.1 Å². The van der Waals surface area contributed by atoms with E-state index in [1.54, 1.807) is 13.1 Å². The van der Waals surface area contributed by atoms with E-state index in [0.717, 1.165) is 23.8 Å². The van der Waals surface area contributed by atoms with Gasteiger partial charge < -0.3 is 9.32 Å². The van der Waals surface area contributed by atoms with Crippen LogP contribution in [0.1, 0.15) is 19.1 Å². The Hall–Kier alpha value is -2.30. The molecule has 0 aliphatic carbocycles. The standard InChI is InChI=1S/C15H19N3O2/c1-5-13-12(15(19)18(4)16-13)8-6-7-11-9-10-14(20-11)17(2)3/h6-10H,5H2,1-4H3/b7-6+,12-8-. The minimum atomic E-state index is -0.0695. The average Bonchev–Trinajstić information content (AvgIpc) is 2.98. The maximum Gasteiger partial charge on any atom is 0.275 e. The molecule has 1 aliphatic rings. The van der Waals surface area contributed by atoms with Crippen molar-refractivity contribution in [2.75, 3.05) is 26.0 Å². The van der Waals surface area contributed by atoms with E-state index in [-0.39, 0.29) is 5.91 Å². The van der Waals surface area contributed by atoms with Crippen molar-refractivity contribution >= 4 is 23.6 Å². The lowest BCUT2D eigenvalue weighted by atomic mass is 10.1. The molecule has 0 bridgehead atoms. The molecule has 0 fully saturated rings. The summed E-state index contributed by atoms with van der Waals surface area (Å²) in [7, 11) is 5.51. The smallest absolute Gasteiger partial charge is 0.275 e. The third kappa shape index (κ3) is 2.82. The van der Waals surface area contributed by atoms with Gasteiger partial charge in [-0.3, -0.25) is 4.79 Å². The number of hydrogen-bond donors (Lipinski definition) is 0. The van der Waals surface area contributed by atoms with Crippen molar-refractivity contribution < 1.29 is 9.21 Å². The Morgan fingerprint density at radius 1 is 1.40 bits per heavy atom. The van der Waals surface area contributed by atoms with Gasteiger partial charge in [0.1, 0.15) is 5.76 Å². The number of carbonyl (C=O) groups is 1. The summed E-state index contributed by atoms with van der Waals surface area (Å²) < 4.78 is 5.60. The zero-order chi connectivity index (χ0) is 14.7. The monoisotopic (exact) mass is 273 g/mol. The molecule has 2 heterocycles. The van der Waals surface area contributed by atoms with Gasteiger partial charge in [0, 0.05) is 27.2 Å². The Balaban J connectivity index is 2.13. The minimum Gasteiger partial charge on any atom is -0.441 e. The summed E-state index contributed by atoms with van der Waals surface area (Å²) in [4.78, 5) is 13.8. The lowest BCUT2D eigenvalue weighted by Crippen LogP contribution is -2.16. The van der Waals surface area contributed by atoms with E-state index >= 15 is 0 Å². The van der Waals surface area contributed by atoms with Crippen LogP contribution in [0.15, 0.2) is 39.4 Å². The van der Waals surface area contributed by atoms with Crippen molar-refractivity contribution in [1.82, 2.24) is 5.01 Å². The molecule has 0 aromatic carbocycles. The molecule has 0 saturated heterocycles. The summed E-state index contributed by atoms with van der Waals surface area (Å²) in [5.41, 5.74) is 1.46. The molecule has 1 amide bonds. The Bertz CT molecular complexity index is 594. The fourth-order valence-corrected chi connectivity index (χ4v) is 1.92. The summed E-state index contributed by atoms with van der Waals surface area (Å²) in [6.45, 7) is 1.98. The molecule has 1 aliphatic heterocycles. The molecule has 0 N–H and O–H groups in total. The van der Waals surface area contributed by atoms with Gasteiger partial charge in [0.2, 0.25) is 0 Å². The van der Waals surface area contributed by atoms with Crippen molar-refractivity contribution in [3.8, 4) is 0 Å². The Morgan fingerprint density at radius 2 is 2.15 bits per heavy atom. The Kier molecular flexibility index (Phi) is 4.08. The van der Waals surface area contributed by atoms with Crippen LogP contribution in [0.5, 0.6) is 0 Å². The maximum atomic E-state index is 11.9. The number of rotatable bonds is 4. The summed E-state index contributed by atoms with van der Waals surface area (Å²) in [6.07, 6.45) is 6.17. The second-order valence-corrected chi connectivity index (χ2v) is 4.74. The Morgan fingerprint density at radius 3 is 2.75 bits per heavy atom. The molecule has 0 radical (unpaired) electrons. The van der Waals surface area contributed by atoms with Gasteiger partial charge in [0.05, 0.1) is 11.3 Å². The van der Waals surface area contributed by atoms with Crippen LogP contribution >= 0.6 is 0 Å². The third-order valence-corrected chi connectivity index (χ3v) is 3.02. The van der Waals surface area contributed by atoms with Gasteiger partial charge in [-0.25, -0.2) is 5.01 Å². The highest BCUT2D eigenvalue weighted by Crippen LogP contribution is 2.18. The average molecular weight is 273 g/mol. The van der Waals surface area contributed by atoms with Crippen LogP contribution < -0.4 is 4.90 Å². The summed E-state index contributed by atoms with van der Waals surface area (Å²) >= 11 is 0. The van der Waals surface area contributed by atoms with Crippen LogP contribution in [0, 0.1) is 0 Å². The number of anilines is 1. The van der Waals surface area contributed by atoms with E-state index < -0.39 is 0 Å². The number of nitrogens with zero attached hydrogens (tertiary/aromatic N) is 3. The number of amides is 1. The number of carbonyl (C=O) groups excluding carboxylic acids is 1. The summed E-state index contributed by atoms with van der Waals surface area (Å²) in [5.74, 6) is 1.48. The first-order valence-electron chi connectivity index (χ1n) is 6.54. The molecular formula is C15H19N3O2. The van der Waals surface area contributed by atoms with E-state index in [0.29, 0.717) is 5.57 Å². The second-order valence-electron chi connectivity index (χ2n) is 4.74. The molecule has 0 atom stereocenters. The second kappa shape index (κ2) is 5.77. The molecule has 1 aromatic heterocycles. The van der Waals surface area contributed by atoms with Gasteiger partial charge in [-0.15, -0.1) is 0 Å². The van der Waals surface area contributed by atoms with E-state index in [2.05, 4.69) is 5.10 Å². The quantitative estimate of drug-likeness (QED) is 0.792. The number of furan rings is 1. The SMILES string of the molecule is CCC1=NN(C)C(=O)/C1=C\C=C\c1ccc(N(C)C)o1. The predicted molar refractivity (Wildman–Crippen MR) is 80.6 cm³/mol. The molecule has 0 spiro atoms. The largest absolute Gasteiger partial charge is 0.441 e. The molecule has 106 valence electrons. The lowest BCUT2D eigenvalue weighted by molar-refractivity contribution is -0.124. The number of allylic oxidation sites excluding steroid dienone is 2. The van der Waals surface area contributed by atoms with Crippen LogP contribution in [0.25, 0.3) is 6.08 Å². The first kappa shape index (κ1) is 14.1. The zero-order valence-corrected chi connectivity index (χ0v) is 12.3. The molecule has 0 saturated carbocycles. The molecular weight excluding hydrogens is 254 g/mol. The van der Waals surface area contributed by atoms with Gasteiger partial charge in [0.25, 0.3) is 5.91 Å². The van der Waals surface area contributed by atoms with Crippen molar-refractivity contribution in [2.24, 2.45) is 5.10 Å². The summed E-state index contributed by atoms with van der Waals surface area (Å²) in [6, 6.07) is 3.79. The van der Waals surface area contributed by atoms with Crippen molar-refractivity contribution in [3.05, 3.63) is 35.6 Å². The van der Waals surface area contributed by atoms with Crippen molar-refractivity contribution in [2.45, 2.75) is 13.3 Å². The number of hydrazone groups is 1. The maximum absolute atomic E-state index is 11.9. The van der Waals surface area contributed by atoms with E-state index in [1.807, 2.05) is 50.2 Å². The molecule has 5 nitrogen and oxygen atoms in total. The molecule has 2 rings (SSSR count). The predicted octanol–water partition coefficient (Wildman–Crippen LogP) is 2.52. The van der Waals surface area contributed by atoms with Crippen LogP contribution in [0.4, 0.5) is 5.88 Å². The summed E-state index contributed by atoms with van der Waals surface area (Å²) in [5, 5.41) is 5.56. The van der Waals surface area contributed by atoms with Crippen LogP contribution in [-0.4, -0.2) is 37.8 Å². The van der Waals surface area contributed by atoms with Crippen molar-refractivity contribution in [3.63, 3.8) is 0 Å². The highest BCUT2D eigenvalue weighted by atomic mass is 16.4. The van der Waals surface area contributed by atoms with Gasteiger partial charge >= 0.3 is 0 Å². The third-order valence-electron chi connectivity index (χ3n) is 3.02. The van der Waals surface area contributed by atoms with E-state index in [9.17, 15) is 4.79 Å². The van der Waals surface area contributed by atoms with Crippen LogP contribution in [0.2, 0.25) is 0 Å². The van der Waals surface area contributed by atoms with Crippen LogP contribution in [0.3, 0.4) is 0 Å². The number of hydrogen-bond acceptors (Lipinski definition) is 4. The van der Waals surface area contributed by atoms with Gasteiger partial charge in [0.15, 0.2) is 5.88 Å². The Labute approximate surface area is 118 Å². The van der Waals surface area contributed by atoms with Gasteiger partial charge in [-0.2, -0.15) is 5.10 Å². The van der Waals surface area contributed by atoms with E-state index in [4.69, 9.17) is 4.42 Å². The first-order valence-corrected chi connectivity index (χ1v) is 6.54. The van der Waals surface area contributed by atoms with Crippen LogP contribution in [-0.2, 0) is 4.79 Å². The van der Waals surface area contributed by atoms with E-state index in [1.165, 1.54) is 5.01 Å². The molecule has 20 heavy (non-hydrogen) atoms.